The lowest BCUT2D eigenvalue weighted by molar-refractivity contribution is 0.0999. The molecule has 0 atom stereocenters. The predicted octanol–water partition coefficient (Wildman–Crippen LogP) is 2.10. The quantitative estimate of drug-likeness (QED) is 0.914. The van der Waals surface area contributed by atoms with Crippen molar-refractivity contribution in [1.29, 1.82) is 0 Å². The van der Waals surface area contributed by atoms with Gasteiger partial charge in [-0.3, -0.25) is 4.79 Å². The van der Waals surface area contributed by atoms with Gasteiger partial charge in [0.1, 0.15) is 5.75 Å². The van der Waals surface area contributed by atoms with E-state index in [0.717, 1.165) is 17.1 Å². The fourth-order valence-corrected chi connectivity index (χ4v) is 2.03. The van der Waals surface area contributed by atoms with Crippen LogP contribution in [0.15, 0.2) is 30.5 Å². The first-order chi connectivity index (χ1) is 9.04. The molecule has 1 aromatic heterocycles. The second kappa shape index (κ2) is 5.14. The molecule has 0 unspecified atom stereocenters. The molecule has 1 aromatic carbocycles. The average molecular weight is 259 g/mol. The summed E-state index contributed by atoms with van der Waals surface area (Å²) in [7, 11) is 1.62. The molecule has 2 rings (SSSR count). The topological polar surface area (TPSA) is 70.1 Å². The molecule has 0 saturated heterocycles. The lowest BCUT2D eigenvalue weighted by atomic mass is 10.1. The van der Waals surface area contributed by atoms with Crippen LogP contribution in [-0.2, 0) is 0 Å². The van der Waals surface area contributed by atoms with Gasteiger partial charge in [-0.2, -0.15) is 5.10 Å². The minimum Gasteiger partial charge on any atom is -0.497 e. The number of aromatic nitrogens is 2. The predicted molar refractivity (Wildman–Crippen MR) is 72.7 cm³/mol. The number of ether oxygens (including phenoxy) is 1. The highest BCUT2D eigenvalue weighted by atomic mass is 16.5. The third kappa shape index (κ3) is 2.45. The second-order valence-electron chi connectivity index (χ2n) is 4.57. The molecule has 2 N–H and O–H groups in total. The summed E-state index contributed by atoms with van der Waals surface area (Å²) in [5, 5.41) is 4.26. The first-order valence-electron chi connectivity index (χ1n) is 6.06. The van der Waals surface area contributed by atoms with Gasteiger partial charge in [-0.1, -0.05) is 13.8 Å². The summed E-state index contributed by atoms with van der Waals surface area (Å²) in [4.78, 5) is 11.4. The molecule has 0 fully saturated rings. The maximum Gasteiger partial charge on any atom is 0.252 e. The molecule has 0 aliphatic carbocycles. The van der Waals surface area contributed by atoms with Crippen molar-refractivity contribution in [3.05, 3.63) is 41.7 Å². The lowest BCUT2D eigenvalue weighted by Gasteiger charge is -2.12. The number of carbonyl (C=O) groups excluding carboxylic acids is 1. The van der Waals surface area contributed by atoms with Gasteiger partial charge in [-0.05, 0) is 30.2 Å². The Morgan fingerprint density at radius 1 is 1.32 bits per heavy atom. The van der Waals surface area contributed by atoms with Gasteiger partial charge in [0.05, 0.1) is 30.3 Å². The zero-order valence-corrected chi connectivity index (χ0v) is 11.3. The van der Waals surface area contributed by atoms with E-state index < -0.39 is 5.91 Å². The van der Waals surface area contributed by atoms with E-state index in [9.17, 15) is 4.79 Å². The highest BCUT2D eigenvalue weighted by Crippen LogP contribution is 2.23. The minimum absolute atomic E-state index is 0.145. The number of primary amides is 1. The van der Waals surface area contributed by atoms with Gasteiger partial charge in [0.25, 0.3) is 5.91 Å². The molecule has 5 nitrogen and oxygen atoms in total. The van der Waals surface area contributed by atoms with E-state index in [1.54, 1.807) is 11.8 Å². The molecule has 0 saturated carbocycles. The monoisotopic (exact) mass is 259 g/mol. The largest absolute Gasteiger partial charge is 0.497 e. The van der Waals surface area contributed by atoms with Crippen LogP contribution in [0.1, 0.15) is 35.8 Å². The zero-order valence-electron chi connectivity index (χ0n) is 11.3. The first kappa shape index (κ1) is 13.1. The summed E-state index contributed by atoms with van der Waals surface area (Å²) < 4.78 is 6.86. The van der Waals surface area contributed by atoms with Crippen molar-refractivity contribution < 1.29 is 9.53 Å². The van der Waals surface area contributed by atoms with Crippen LogP contribution < -0.4 is 10.5 Å². The highest BCUT2D eigenvalue weighted by molar-refractivity contribution is 5.94. The van der Waals surface area contributed by atoms with Crippen LogP contribution in [0.5, 0.6) is 5.75 Å². The van der Waals surface area contributed by atoms with Crippen molar-refractivity contribution in [3.63, 3.8) is 0 Å². The first-order valence-corrected chi connectivity index (χ1v) is 6.06. The van der Waals surface area contributed by atoms with Crippen molar-refractivity contribution in [2.45, 2.75) is 19.8 Å². The third-order valence-electron chi connectivity index (χ3n) is 2.94. The van der Waals surface area contributed by atoms with Gasteiger partial charge in [0.15, 0.2) is 0 Å². The smallest absolute Gasteiger partial charge is 0.252 e. The van der Waals surface area contributed by atoms with Crippen molar-refractivity contribution in [2.24, 2.45) is 5.73 Å². The van der Waals surface area contributed by atoms with Gasteiger partial charge in [-0.25, -0.2) is 4.68 Å². The van der Waals surface area contributed by atoms with Gasteiger partial charge >= 0.3 is 0 Å². The van der Waals surface area contributed by atoms with E-state index in [4.69, 9.17) is 10.5 Å². The van der Waals surface area contributed by atoms with Crippen LogP contribution in [0.2, 0.25) is 0 Å². The summed E-state index contributed by atoms with van der Waals surface area (Å²) in [6.07, 6.45) is 1.52. The van der Waals surface area contributed by atoms with Gasteiger partial charge in [-0.15, -0.1) is 0 Å². The lowest BCUT2D eigenvalue weighted by Crippen LogP contribution is -2.15. The number of nitrogens with zero attached hydrogens (tertiary/aromatic N) is 2. The van der Waals surface area contributed by atoms with Gasteiger partial charge in [0.2, 0.25) is 0 Å². The normalized spacial score (nSPS) is 10.7. The maximum atomic E-state index is 11.4. The molecule has 0 radical (unpaired) electrons. The van der Waals surface area contributed by atoms with Crippen molar-refractivity contribution in [2.75, 3.05) is 7.11 Å². The summed E-state index contributed by atoms with van der Waals surface area (Å²) >= 11 is 0. The van der Waals surface area contributed by atoms with Crippen molar-refractivity contribution in [3.8, 4) is 11.4 Å². The summed E-state index contributed by atoms with van der Waals surface area (Å²) in [6, 6.07) is 7.49. The number of hydrogen-bond donors (Lipinski definition) is 1. The Balaban J connectivity index is 2.52. The fourth-order valence-electron chi connectivity index (χ4n) is 2.03. The fraction of sp³-hybridized carbons (Fsp3) is 0.286. The molecule has 0 bridgehead atoms. The minimum atomic E-state index is -0.455. The molecule has 1 amide bonds. The molecule has 0 spiro atoms. The number of methoxy groups -OCH3 is 1. The second-order valence-corrected chi connectivity index (χ2v) is 4.57. The van der Waals surface area contributed by atoms with Crippen LogP contribution >= 0.6 is 0 Å². The summed E-state index contributed by atoms with van der Waals surface area (Å²) in [6.45, 7) is 4.01. The molecule has 0 aliphatic heterocycles. The Morgan fingerprint density at radius 3 is 2.42 bits per heavy atom. The molecular formula is C14H17N3O2. The molecule has 19 heavy (non-hydrogen) atoms. The van der Waals surface area contributed by atoms with E-state index in [0.29, 0.717) is 5.56 Å². The molecule has 5 heteroatoms. The third-order valence-corrected chi connectivity index (χ3v) is 2.94. The van der Waals surface area contributed by atoms with Crippen LogP contribution in [0.4, 0.5) is 0 Å². The van der Waals surface area contributed by atoms with E-state index in [1.807, 2.05) is 38.1 Å². The molecular weight excluding hydrogens is 242 g/mol. The van der Waals surface area contributed by atoms with E-state index in [-0.39, 0.29) is 5.92 Å². The Labute approximate surface area is 112 Å². The number of carbonyl (C=O) groups is 1. The Hall–Kier alpha value is -2.30. The van der Waals surface area contributed by atoms with Crippen molar-refractivity contribution in [1.82, 2.24) is 9.78 Å². The standard InChI is InChI=1S/C14H17N3O2/c1-9(2)13-12(14(15)18)8-16-17(13)10-4-6-11(19-3)7-5-10/h4-9H,1-3H3,(H2,15,18). The molecule has 0 aliphatic rings. The SMILES string of the molecule is COc1ccc(-n2ncc(C(N)=O)c2C(C)C)cc1. The Kier molecular flexibility index (Phi) is 3.55. The molecule has 2 aromatic rings. The summed E-state index contributed by atoms with van der Waals surface area (Å²) in [5.74, 6) is 0.465. The zero-order chi connectivity index (χ0) is 14.0. The molecule has 1 heterocycles. The van der Waals surface area contributed by atoms with E-state index in [1.165, 1.54) is 6.20 Å². The van der Waals surface area contributed by atoms with Crippen LogP contribution in [0.3, 0.4) is 0 Å². The van der Waals surface area contributed by atoms with Gasteiger partial charge in [0, 0.05) is 0 Å². The molecule has 100 valence electrons. The highest BCUT2D eigenvalue weighted by Gasteiger charge is 2.18. The Bertz CT molecular complexity index is 585. The van der Waals surface area contributed by atoms with Gasteiger partial charge < -0.3 is 10.5 Å². The Morgan fingerprint density at radius 2 is 1.95 bits per heavy atom. The number of hydrogen-bond acceptors (Lipinski definition) is 3. The van der Waals surface area contributed by atoms with Crippen LogP contribution in [0, 0.1) is 0 Å². The maximum absolute atomic E-state index is 11.4. The van der Waals surface area contributed by atoms with Crippen LogP contribution in [-0.4, -0.2) is 22.8 Å². The average Bonchev–Trinajstić information content (AvgIpc) is 2.83. The van der Waals surface area contributed by atoms with E-state index in [2.05, 4.69) is 5.10 Å². The van der Waals surface area contributed by atoms with E-state index >= 15 is 0 Å². The van der Waals surface area contributed by atoms with Crippen molar-refractivity contribution >= 4 is 5.91 Å². The number of nitrogens with two attached hydrogens (primary N) is 1. The summed E-state index contributed by atoms with van der Waals surface area (Å²) in [5.41, 5.74) is 7.53. The number of benzene rings is 1. The number of rotatable bonds is 4. The van der Waals surface area contributed by atoms with Crippen LogP contribution in [0.25, 0.3) is 5.69 Å². The number of amides is 1.